The fourth-order valence-corrected chi connectivity index (χ4v) is 1.07. The van der Waals surface area contributed by atoms with Crippen molar-refractivity contribution in [1.29, 1.82) is 0 Å². The molecular weight excluding hydrogens is 164 g/mol. The van der Waals surface area contributed by atoms with Crippen molar-refractivity contribution < 1.29 is 0 Å². The zero-order valence-electron chi connectivity index (χ0n) is 5.20. The molecule has 1 rings (SSSR count). The molecule has 1 aromatic rings. The first kappa shape index (κ1) is 7.63. The summed E-state index contributed by atoms with van der Waals surface area (Å²) in [5, 5.41) is 0. The van der Waals surface area contributed by atoms with Crippen LogP contribution in [0.1, 0.15) is 0 Å². The highest BCUT2D eigenvalue weighted by molar-refractivity contribution is 7.82. The van der Waals surface area contributed by atoms with Crippen LogP contribution in [0, 0.1) is 0 Å². The maximum absolute atomic E-state index is 3.91. The average Bonchev–Trinajstić information content (AvgIpc) is 2.04. The summed E-state index contributed by atoms with van der Waals surface area (Å²) in [6, 6.07) is 7.66. The molecule has 0 radical (unpaired) electrons. The van der Waals surface area contributed by atoms with Crippen LogP contribution < -0.4 is 9.44 Å². The first-order valence-corrected chi connectivity index (χ1v) is 3.67. The topological polar surface area (TPSA) is 24.1 Å². The zero-order chi connectivity index (χ0) is 7.40. The van der Waals surface area contributed by atoms with Gasteiger partial charge in [-0.1, -0.05) is 37.8 Å². The van der Waals surface area contributed by atoms with Crippen molar-refractivity contribution in [3.8, 4) is 0 Å². The molecule has 0 saturated heterocycles. The van der Waals surface area contributed by atoms with Gasteiger partial charge in [0.05, 0.1) is 11.4 Å². The summed E-state index contributed by atoms with van der Waals surface area (Å²) in [6.45, 7) is 0. The van der Waals surface area contributed by atoms with Crippen LogP contribution in [0.15, 0.2) is 24.3 Å². The van der Waals surface area contributed by atoms with E-state index >= 15 is 0 Å². The molecule has 0 aliphatic carbocycles. The molecule has 2 N–H and O–H groups in total. The third-order valence-corrected chi connectivity index (χ3v) is 1.65. The number of hydrogen-bond donors (Lipinski definition) is 4. The molecule has 0 unspecified atom stereocenters. The van der Waals surface area contributed by atoms with E-state index in [1.54, 1.807) is 0 Å². The van der Waals surface area contributed by atoms with Crippen LogP contribution in [-0.4, -0.2) is 0 Å². The molecule has 0 atom stereocenters. The van der Waals surface area contributed by atoms with E-state index in [1.807, 2.05) is 24.3 Å². The molecule has 0 heterocycles. The van der Waals surface area contributed by atoms with Crippen LogP contribution in [0.3, 0.4) is 0 Å². The minimum atomic E-state index is 0.917. The molecule has 0 aromatic heterocycles. The lowest BCUT2D eigenvalue weighted by molar-refractivity contribution is 1.67. The van der Waals surface area contributed by atoms with Gasteiger partial charge >= 0.3 is 0 Å². The maximum atomic E-state index is 3.91. The number of nitrogens with one attached hydrogen (secondary N) is 2. The number of thiol groups is 2. The van der Waals surface area contributed by atoms with E-state index in [0.29, 0.717) is 0 Å². The number of hydrogen-bond acceptors (Lipinski definition) is 4. The third-order valence-electron chi connectivity index (χ3n) is 1.17. The van der Waals surface area contributed by atoms with E-state index in [9.17, 15) is 0 Å². The lowest BCUT2D eigenvalue weighted by atomic mass is 10.3. The van der Waals surface area contributed by atoms with Gasteiger partial charge in [0.1, 0.15) is 0 Å². The normalized spacial score (nSPS) is 9.00. The van der Waals surface area contributed by atoms with E-state index in [0.717, 1.165) is 11.4 Å². The Hall–Kier alpha value is -0.480. The van der Waals surface area contributed by atoms with Gasteiger partial charge in [-0.3, -0.25) is 0 Å². The molecule has 54 valence electrons. The van der Waals surface area contributed by atoms with Crippen LogP contribution in [0.2, 0.25) is 0 Å². The molecule has 0 aliphatic heterocycles. The van der Waals surface area contributed by atoms with Crippen molar-refractivity contribution in [1.82, 2.24) is 0 Å². The Morgan fingerprint density at radius 1 is 0.900 bits per heavy atom. The Morgan fingerprint density at radius 2 is 1.30 bits per heavy atom. The number of para-hydroxylation sites is 2. The molecule has 4 heteroatoms. The van der Waals surface area contributed by atoms with E-state index < -0.39 is 0 Å². The van der Waals surface area contributed by atoms with Gasteiger partial charge < -0.3 is 9.44 Å². The van der Waals surface area contributed by atoms with E-state index in [1.165, 1.54) is 0 Å². The number of rotatable bonds is 2. The lowest BCUT2D eigenvalue weighted by Gasteiger charge is -2.04. The minimum absolute atomic E-state index is 0.917. The molecule has 0 spiro atoms. The summed E-state index contributed by atoms with van der Waals surface area (Å²) in [4.78, 5) is 0. The SMILES string of the molecule is SNc1ccccc1NS. The summed E-state index contributed by atoms with van der Waals surface area (Å²) >= 11 is 7.82. The predicted molar refractivity (Wildman–Crippen MR) is 51.7 cm³/mol. The predicted octanol–water partition coefficient (Wildman–Crippen LogP) is 2.20. The van der Waals surface area contributed by atoms with Crippen LogP contribution in [0.25, 0.3) is 0 Å². The van der Waals surface area contributed by atoms with Crippen molar-refractivity contribution in [2.24, 2.45) is 0 Å². The average molecular weight is 172 g/mol. The highest BCUT2D eigenvalue weighted by Crippen LogP contribution is 2.21. The quantitative estimate of drug-likeness (QED) is 0.514. The van der Waals surface area contributed by atoms with Crippen molar-refractivity contribution in [3.05, 3.63) is 24.3 Å². The standard InChI is InChI=1S/C6H8N2S2/c9-7-5-3-1-2-4-6(5)8-10/h1-4,7-10H. The summed E-state index contributed by atoms with van der Waals surface area (Å²) in [7, 11) is 0. The first-order valence-electron chi connectivity index (χ1n) is 2.77. The Labute approximate surface area is 71.1 Å². The molecule has 10 heavy (non-hydrogen) atoms. The van der Waals surface area contributed by atoms with Crippen LogP contribution >= 0.6 is 25.6 Å². The van der Waals surface area contributed by atoms with Crippen LogP contribution in [-0.2, 0) is 0 Å². The monoisotopic (exact) mass is 172 g/mol. The van der Waals surface area contributed by atoms with Crippen LogP contribution in [0.4, 0.5) is 11.4 Å². The van der Waals surface area contributed by atoms with E-state index in [-0.39, 0.29) is 0 Å². The summed E-state index contributed by atoms with van der Waals surface area (Å²) in [5.74, 6) is 0. The maximum Gasteiger partial charge on any atom is 0.0681 e. The van der Waals surface area contributed by atoms with Gasteiger partial charge in [-0.2, -0.15) is 0 Å². The van der Waals surface area contributed by atoms with Crippen LogP contribution in [0.5, 0.6) is 0 Å². The van der Waals surface area contributed by atoms with E-state index in [2.05, 4.69) is 35.1 Å². The molecule has 0 aliphatic rings. The first-order chi connectivity index (χ1) is 4.88. The van der Waals surface area contributed by atoms with Crippen molar-refractivity contribution in [3.63, 3.8) is 0 Å². The zero-order valence-corrected chi connectivity index (χ0v) is 6.99. The van der Waals surface area contributed by atoms with Gasteiger partial charge in [0.25, 0.3) is 0 Å². The molecule has 0 fully saturated rings. The molecule has 2 nitrogen and oxygen atoms in total. The molecule has 0 saturated carbocycles. The molecular formula is C6H8N2S2. The fraction of sp³-hybridized carbons (Fsp3) is 0. The summed E-state index contributed by atoms with van der Waals surface area (Å²) < 4.78 is 5.46. The summed E-state index contributed by atoms with van der Waals surface area (Å²) in [5.41, 5.74) is 1.83. The molecule has 0 bridgehead atoms. The smallest absolute Gasteiger partial charge is 0.0681 e. The summed E-state index contributed by atoms with van der Waals surface area (Å²) in [6.07, 6.45) is 0. The molecule has 1 aromatic carbocycles. The Morgan fingerprint density at radius 3 is 1.60 bits per heavy atom. The minimum Gasteiger partial charge on any atom is -0.331 e. The van der Waals surface area contributed by atoms with Gasteiger partial charge in [-0.15, -0.1) is 0 Å². The Bertz CT molecular complexity index is 192. The Kier molecular flexibility index (Phi) is 2.77. The second kappa shape index (κ2) is 3.63. The highest BCUT2D eigenvalue weighted by Gasteiger charge is 1.93. The second-order valence-electron chi connectivity index (χ2n) is 1.77. The van der Waals surface area contributed by atoms with Gasteiger partial charge in [-0.25, -0.2) is 0 Å². The van der Waals surface area contributed by atoms with Crippen molar-refractivity contribution in [2.45, 2.75) is 0 Å². The van der Waals surface area contributed by atoms with Gasteiger partial charge in [0, 0.05) is 0 Å². The lowest BCUT2D eigenvalue weighted by Crippen LogP contribution is -1.86. The van der Waals surface area contributed by atoms with Gasteiger partial charge in [0.15, 0.2) is 0 Å². The highest BCUT2D eigenvalue weighted by atomic mass is 32.1. The Balaban J connectivity index is 2.96. The fourth-order valence-electron chi connectivity index (χ4n) is 0.678. The number of benzene rings is 1. The second-order valence-corrected chi connectivity index (χ2v) is 2.22. The van der Waals surface area contributed by atoms with E-state index in [4.69, 9.17) is 0 Å². The third kappa shape index (κ3) is 1.52. The van der Waals surface area contributed by atoms with Gasteiger partial charge in [0.2, 0.25) is 0 Å². The van der Waals surface area contributed by atoms with Gasteiger partial charge in [-0.05, 0) is 12.1 Å². The van der Waals surface area contributed by atoms with Crippen molar-refractivity contribution in [2.75, 3.05) is 9.44 Å². The number of anilines is 2. The molecule has 0 amide bonds. The largest absolute Gasteiger partial charge is 0.331 e. The van der Waals surface area contributed by atoms with Crippen molar-refractivity contribution >= 4 is 37.0 Å².